The molecule has 2 rings (SSSR count). The summed E-state index contributed by atoms with van der Waals surface area (Å²) in [4.78, 5) is 22.6. The van der Waals surface area contributed by atoms with E-state index >= 15 is 0 Å². The molecule has 0 saturated carbocycles. The molecular weight excluding hydrogens is 194 g/mol. The second-order valence-corrected chi connectivity index (χ2v) is 4.11. The van der Waals surface area contributed by atoms with Gasteiger partial charge in [0.15, 0.2) is 5.78 Å². The van der Waals surface area contributed by atoms with Crippen molar-refractivity contribution in [1.29, 1.82) is 0 Å². The largest absolute Gasteiger partial charge is 0.481 e. The summed E-state index contributed by atoms with van der Waals surface area (Å²) >= 11 is 0. The molecule has 1 aromatic rings. The highest BCUT2D eigenvalue weighted by atomic mass is 16.4. The molecule has 4 heteroatoms. The number of carbonyl (C=O) groups is 2. The van der Waals surface area contributed by atoms with E-state index < -0.39 is 11.9 Å². The zero-order valence-electron chi connectivity index (χ0n) is 8.78. The van der Waals surface area contributed by atoms with E-state index in [0.717, 1.165) is 16.8 Å². The smallest absolute Gasteiger partial charge is 0.307 e. The van der Waals surface area contributed by atoms with Crippen LogP contribution < -0.4 is 0 Å². The first kappa shape index (κ1) is 9.96. The Morgan fingerprint density at radius 1 is 1.53 bits per heavy atom. The molecule has 4 nitrogen and oxygen atoms in total. The summed E-state index contributed by atoms with van der Waals surface area (Å²) in [6.07, 6.45) is 2.47. The first-order chi connectivity index (χ1) is 7.00. The van der Waals surface area contributed by atoms with Crippen LogP contribution >= 0.6 is 0 Å². The van der Waals surface area contributed by atoms with E-state index in [0.29, 0.717) is 6.42 Å². The first-order valence-electron chi connectivity index (χ1n) is 4.91. The molecule has 0 fully saturated rings. The predicted molar refractivity (Wildman–Crippen MR) is 53.9 cm³/mol. The molecule has 0 bridgehead atoms. The summed E-state index contributed by atoms with van der Waals surface area (Å²) in [6, 6.07) is 0. The Morgan fingerprint density at radius 2 is 2.20 bits per heavy atom. The van der Waals surface area contributed by atoms with Gasteiger partial charge in [0.05, 0.1) is 5.92 Å². The lowest BCUT2D eigenvalue weighted by atomic mass is 9.86. The van der Waals surface area contributed by atoms with E-state index in [4.69, 9.17) is 5.11 Å². The lowest BCUT2D eigenvalue weighted by Crippen LogP contribution is -2.27. The van der Waals surface area contributed by atoms with Gasteiger partial charge in [-0.1, -0.05) is 0 Å². The quantitative estimate of drug-likeness (QED) is 0.751. The molecule has 0 aliphatic heterocycles. The number of hydrogen-bond donors (Lipinski definition) is 1. The van der Waals surface area contributed by atoms with E-state index in [9.17, 15) is 9.59 Å². The third-order valence-corrected chi connectivity index (χ3v) is 3.00. The lowest BCUT2D eigenvalue weighted by Gasteiger charge is -2.19. The van der Waals surface area contributed by atoms with Gasteiger partial charge in [-0.25, -0.2) is 0 Å². The molecule has 0 amide bonds. The van der Waals surface area contributed by atoms with Crippen molar-refractivity contribution in [2.75, 3.05) is 0 Å². The fraction of sp³-hybridized carbons (Fsp3) is 0.455. The maximum absolute atomic E-state index is 11.8. The summed E-state index contributed by atoms with van der Waals surface area (Å²) in [5.41, 5.74) is 2.53. The highest BCUT2D eigenvalue weighted by molar-refractivity contribution is 6.01. The Balaban J connectivity index is 2.47. The minimum absolute atomic E-state index is 0.0400. The van der Waals surface area contributed by atoms with E-state index in [1.54, 1.807) is 0 Å². The maximum atomic E-state index is 11.8. The molecule has 0 saturated heterocycles. The average Bonchev–Trinajstić information content (AvgIpc) is 2.42. The highest BCUT2D eigenvalue weighted by Gasteiger charge is 2.32. The second-order valence-electron chi connectivity index (χ2n) is 4.11. The number of Topliss-reactive ketones (excluding diaryl/α,β-unsaturated/α-hetero) is 1. The molecule has 1 aliphatic carbocycles. The van der Waals surface area contributed by atoms with Crippen LogP contribution in [0.4, 0.5) is 0 Å². The molecule has 1 aliphatic rings. The number of carboxylic acid groups (broad SMARTS) is 1. The molecule has 1 N–H and O–H groups in total. The van der Waals surface area contributed by atoms with Crippen LogP contribution in [-0.4, -0.2) is 21.4 Å². The number of nitrogens with zero attached hydrogens (tertiary/aromatic N) is 1. The number of hydrogen-bond acceptors (Lipinski definition) is 2. The standard InChI is InChI=1S/C11H13NO3/c1-6-5-12(2)8-3-7(11(14)15)4-9(13)10(6)8/h5,7H,3-4H2,1-2H3,(H,14,15). The van der Waals surface area contributed by atoms with Crippen LogP contribution in [0.5, 0.6) is 0 Å². The van der Waals surface area contributed by atoms with E-state index in [1.807, 2.05) is 24.7 Å². The first-order valence-corrected chi connectivity index (χ1v) is 4.91. The third-order valence-electron chi connectivity index (χ3n) is 3.00. The van der Waals surface area contributed by atoms with Crippen molar-refractivity contribution >= 4 is 11.8 Å². The van der Waals surface area contributed by atoms with Crippen molar-refractivity contribution < 1.29 is 14.7 Å². The van der Waals surface area contributed by atoms with E-state index in [2.05, 4.69) is 0 Å². The predicted octanol–water partition coefficient (Wildman–Crippen LogP) is 1.16. The monoisotopic (exact) mass is 207 g/mol. The van der Waals surface area contributed by atoms with Crippen LogP contribution in [0.3, 0.4) is 0 Å². The topological polar surface area (TPSA) is 59.3 Å². The molecule has 1 aromatic heterocycles. The van der Waals surface area contributed by atoms with Gasteiger partial charge in [-0.15, -0.1) is 0 Å². The molecule has 0 radical (unpaired) electrons. The average molecular weight is 207 g/mol. The zero-order valence-corrected chi connectivity index (χ0v) is 8.78. The van der Waals surface area contributed by atoms with Crippen LogP contribution in [0, 0.1) is 12.8 Å². The van der Waals surface area contributed by atoms with Crippen LogP contribution in [0.1, 0.15) is 28.0 Å². The van der Waals surface area contributed by atoms with E-state index in [-0.39, 0.29) is 12.2 Å². The maximum Gasteiger partial charge on any atom is 0.307 e. The molecule has 1 unspecified atom stereocenters. The van der Waals surface area contributed by atoms with Crippen LogP contribution in [-0.2, 0) is 18.3 Å². The van der Waals surface area contributed by atoms with Crippen molar-refractivity contribution in [3.8, 4) is 0 Å². The van der Waals surface area contributed by atoms with Gasteiger partial charge >= 0.3 is 5.97 Å². The fourth-order valence-corrected chi connectivity index (χ4v) is 2.27. The van der Waals surface area contributed by atoms with Gasteiger partial charge in [-0.05, 0) is 12.5 Å². The molecular formula is C11H13NO3. The van der Waals surface area contributed by atoms with Crippen molar-refractivity contribution in [2.45, 2.75) is 19.8 Å². The molecule has 1 atom stereocenters. The van der Waals surface area contributed by atoms with Gasteiger partial charge in [0.2, 0.25) is 0 Å². The zero-order chi connectivity index (χ0) is 11.2. The van der Waals surface area contributed by atoms with Crippen molar-refractivity contribution in [1.82, 2.24) is 4.57 Å². The van der Waals surface area contributed by atoms with E-state index in [1.165, 1.54) is 0 Å². The van der Waals surface area contributed by atoms with Gasteiger partial charge < -0.3 is 9.67 Å². The molecule has 0 spiro atoms. The van der Waals surface area contributed by atoms with Gasteiger partial charge in [0.25, 0.3) is 0 Å². The lowest BCUT2D eigenvalue weighted by molar-refractivity contribution is -0.141. The summed E-state index contributed by atoms with van der Waals surface area (Å²) in [7, 11) is 1.85. The van der Waals surface area contributed by atoms with Crippen molar-refractivity contribution in [2.24, 2.45) is 13.0 Å². The number of carbonyl (C=O) groups excluding carboxylic acids is 1. The summed E-state index contributed by atoms with van der Waals surface area (Å²) < 4.78 is 1.86. The summed E-state index contributed by atoms with van der Waals surface area (Å²) in [5, 5.41) is 8.92. The Bertz CT molecular complexity index is 445. The number of ketones is 1. The third kappa shape index (κ3) is 1.46. The van der Waals surface area contributed by atoms with Gasteiger partial charge in [-0.3, -0.25) is 9.59 Å². The Morgan fingerprint density at radius 3 is 2.80 bits per heavy atom. The molecule has 1 heterocycles. The normalized spacial score (nSPS) is 20.1. The number of carboxylic acids is 1. The van der Waals surface area contributed by atoms with Gasteiger partial charge in [-0.2, -0.15) is 0 Å². The molecule has 0 aromatic carbocycles. The van der Waals surface area contributed by atoms with Crippen LogP contribution in [0.25, 0.3) is 0 Å². The Kier molecular flexibility index (Phi) is 2.14. The highest BCUT2D eigenvalue weighted by Crippen LogP contribution is 2.28. The Labute approximate surface area is 87.5 Å². The number of aliphatic carboxylic acids is 1. The molecule has 80 valence electrons. The van der Waals surface area contributed by atoms with Gasteiger partial charge in [0.1, 0.15) is 0 Å². The number of fused-ring (bicyclic) bond motifs is 1. The summed E-state index contributed by atoms with van der Waals surface area (Å²) in [5.74, 6) is -1.48. The SMILES string of the molecule is Cc1cn(C)c2c1C(=O)CC(C(=O)O)C2. The van der Waals surface area contributed by atoms with Gasteiger partial charge in [0, 0.05) is 37.3 Å². The Hall–Kier alpha value is -1.58. The van der Waals surface area contributed by atoms with Crippen LogP contribution in [0.2, 0.25) is 0 Å². The van der Waals surface area contributed by atoms with Crippen molar-refractivity contribution in [3.63, 3.8) is 0 Å². The number of rotatable bonds is 1. The second kappa shape index (κ2) is 3.22. The van der Waals surface area contributed by atoms with Crippen molar-refractivity contribution in [3.05, 3.63) is 23.0 Å². The minimum atomic E-state index is -0.882. The minimum Gasteiger partial charge on any atom is -0.481 e. The summed E-state index contributed by atoms with van der Waals surface area (Å²) in [6.45, 7) is 1.89. The fourth-order valence-electron chi connectivity index (χ4n) is 2.27. The molecule has 15 heavy (non-hydrogen) atoms. The number of aryl methyl sites for hydroxylation is 2. The number of aromatic nitrogens is 1. The van der Waals surface area contributed by atoms with Crippen LogP contribution in [0.15, 0.2) is 6.20 Å².